The van der Waals surface area contributed by atoms with Crippen molar-refractivity contribution in [3.63, 3.8) is 0 Å². The van der Waals surface area contributed by atoms with Crippen LogP contribution in [0.3, 0.4) is 0 Å². The number of hydrogen-bond acceptors (Lipinski definition) is 3. The van der Waals surface area contributed by atoms with E-state index in [1.807, 2.05) is 18.2 Å². The van der Waals surface area contributed by atoms with Crippen molar-refractivity contribution in [3.8, 4) is 17.6 Å². The molecule has 0 bridgehead atoms. The monoisotopic (exact) mass is 262 g/mol. The van der Waals surface area contributed by atoms with Crippen molar-refractivity contribution in [1.82, 2.24) is 0 Å². The molecule has 0 radical (unpaired) electrons. The molecule has 0 spiro atoms. The van der Waals surface area contributed by atoms with E-state index in [4.69, 9.17) is 14.6 Å². The largest absolute Gasteiger partial charge is 0.497 e. The van der Waals surface area contributed by atoms with Crippen LogP contribution < -0.4 is 4.74 Å². The fourth-order valence-corrected chi connectivity index (χ4v) is 1.50. The summed E-state index contributed by atoms with van der Waals surface area (Å²) in [4.78, 5) is 0. The summed E-state index contributed by atoms with van der Waals surface area (Å²) in [6.45, 7) is 4.76. The second-order valence-corrected chi connectivity index (χ2v) is 4.33. The van der Waals surface area contributed by atoms with Crippen LogP contribution in [0.15, 0.2) is 18.2 Å². The lowest BCUT2D eigenvalue weighted by Gasteiger charge is -2.12. The zero-order valence-electron chi connectivity index (χ0n) is 11.9. The Hall–Kier alpha value is -1.50. The van der Waals surface area contributed by atoms with Crippen LogP contribution >= 0.6 is 0 Å². The van der Waals surface area contributed by atoms with Crippen LogP contribution in [0.25, 0.3) is 0 Å². The second-order valence-electron chi connectivity index (χ2n) is 4.33. The zero-order chi connectivity index (χ0) is 14.1. The Labute approximate surface area is 115 Å². The molecule has 0 aliphatic rings. The lowest BCUT2D eigenvalue weighted by Crippen LogP contribution is -2.07. The summed E-state index contributed by atoms with van der Waals surface area (Å²) < 4.78 is 11.0. The van der Waals surface area contributed by atoms with Crippen molar-refractivity contribution in [2.24, 2.45) is 0 Å². The highest BCUT2D eigenvalue weighted by Gasteiger charge is 2.05. The Balaban J connectivity index is 2.87. The van der Waals surface area contributed by atoms with Crippen LogP contribution in [-0.2, 0) is 11.3 Å². The maximum atomic E-state index is 8.76. The molecule has 0 saturated heterocycles. The molecule has 3 heteroatoms. The minimum Gasteiger partial charge on any atom is -0.497 e. The summed E-state index contributed by atoms with van der Waals surface area (Å²) in [5.74, 6) is 6.80. The molecule has 1 aromatic rings. The molecule has 0 fully saturated rings. The number of aliphatic hydroxyl groups excluding tert-OH is 1. The molecule has 0 aliphatic carbocycles. The van der Waals surface area contributed by atoms with Gasteiger partial charge < -0.3 is 14.6 Å². The van der Waals surface area contributed by atoms with Crippen LogP contribution in [0, 0.1) is 11.8 Å². The van der Waals surface area contributed by atoms with Crippen LogP contribution in [-0.4, -0.2) is 24.9 Å². The predicted octanol–water partition coefficient (Wildman–Crippen LogP) is 2.74. The number of aliphatic hydroxyl groups is 1. The first-order chi connectivity index (χ1) is 9.21. The SMILES string of the molecule is CCC(C)OCc1cc(OC)ccc1C#CCCO. The molecule has 3 nitrogen and oxygen atoms in total. The molecule has 104 valence electrons. The number of ether oxygens (including phenoxy) is 2. The van der Waals surface area contributed by atoms with Crippen LogP contribution in [0.2, 0.25) is 0 Å². The molecular weight excluding hydrogens is 240 g/mol. The summed E-state index contributed by atoms with van der Waals surface area (Å²) >= 11 is 0. The maximum absolute atomic E-state index is 8.76. The lowest BCUT2D eigenvalue weighted by atomic mass is 10.1. The molecule has 0 amide bonds. The predicted molar refractivity (Wildman–Crippen MR) is 76.1 cm³/mol. The molecule has 0 heterocycles. The first-order valence-electron chi connectivity index (χ1n) is 6.59. The molecule has 1 aromatic carbocycles. The van der Waals surface area contributed by atoms with Gasteiger partial charge in [0.15, 0.2) is 0 Å². The normalized spacial score (nSPS) is 11.6. The minimum atomic E-state index is 0.0852. The first kappa shape index (κ1) is 15.6. The fraction of sp³-hybridized carbons (Fsp3) is 0.500. The van der Waals surface area contributed by atoms with Crippen LogP contribution in [0.1, 0.15) is 37.8 Å². The smallest absolute Gasteiger partial charge is 0.119 e. The van der Waals surface area contributed by atoms with Gasteiger partial charge in [0.1, 0.15) is 5.75 Å². The highest BCUT2D eigenvalue weighted by atomic mass is 16.5. The lowest BCUT2D eigenvalue weighted by molar-refractivity contribution is 0.0506. The molecule has 0 aromatic heterocycles. The minimum absolute atomic E-state index is 0.0852. The highest BCUT2D eigenvalue weighted by Crippen LogP contribution is 2.19. The van der Waals surface area contributed by atoms with E-state index in [0.717, 1.165) is 23.3 Å². The average molecular weight is 262 g/mol. The molecule has 0 saturated carbocycles. The van der Waals surface area contributed by atoms with Crippen LogP contribution in [0.4, 0.5) is 0 Å². The summed E-state index contributed by atoms with van der Waals surface area (Å²) in [5.41, 5.74) is 1.95. The number of benzene rings is 1. The molecule has 1 atom stereocenters. The quantitative estimate of drug-likeness (QED) is 0.801. The topological polar surface area (TPSA) is 38.7 Å². The van der Waals surface area contributed by atoms with Gasteiger partial charge in [-0.25, -0.2) is 0 Å². The third-order valence-electron chi connectivity index (χ3n) is 2.87. The van der Waals surface area contributed by atoms with Crippen molar-refractivity contribution in [1.29, 1.82) is 0 Å². The van der Waals surface area contributed by atoms with Gasteiger partial charge in [0, 0.05) is 12.0 Å². The zero-order valence-corrected chi connectivity index (χ0v) is 11.9. The van der Waals surface area contributed by atoms with Gasteiger partial charge in [-0.1, -0.05) is 18.8 Å². The van der Waals surface area contributed by atoms with E-state index in [-0.39, 0.29) is 12.7 Å². The number of rotatable bonds is 6. The average Bonchev–Trinajstić information content (AvgIpc) is 2.45. The van der Waals surface area contributed by atoms with Crippen molar-refractivity contribution in [2.75, 3.05) is 13.7 Å². The Bertz CT molecular complexity index is 443. The van der Waals surface area contributed by atoms with Gasteiger partial charge in [-0.15, -0.1) is 0 Å². The van der Waals surface area contributed by atoms with Crippen molar-refractivity contribution in [3.05, 3.63) is 29.3 Å². The van der Waals surface area contributed by atoms with E-state index in [0.29, 0.717) is 13.0 Å². The summed E-state index contributed by atoms with van der Waals surface area (Å²) in [7, 11) is 1.64. The van der Waals surface area contributed by atoms with Gasteiger partial charge in [-0.3, -0.25) is 0 Å². The van der Waals surface area contributed by atoms with E-state index in [1.54, 1.807) is 7.11 Å². The van der Waals surface area contributed by atoms with Gasteiger partial charge in [0.2, 0.25) is 0 Å². The van der Waals surface area contributed by atoms with E-state index < -0.39 is 0 Å². The number of hydrogen-bond donors (Lipinski definition) is 1. The fourth-order valence-electron chi connectivity index (χ4n) is 1.50. The van der Waals surface area contributed by atoms with Gasteiger partial charge in [-0.05, 0) is 37.1 Å². The highest BCUT2D eigenvalue weighted by molar-refractivity contribution is 5.45. The maximum Gasteiger partial charge on any atom is 0.119 e. The van der Waals surface area contributed by atoms with Crippen LogP contribution in [0.5, 0.6) is 5.75 Å². The summed E-state index contributed by atoms with van der Waals surface area (Å²) in [5, 5.41) is 8.76. The summed E-state index contributed by atoms with van der Waals surface area (Å²) in [6.07, 6.45) is 1.69. The molecule has 0 aliphatic heterocycles. The summed E-state index contributed by atoms with van der Waals surface area (Å²) in [6, 6.07) is 5.76. The van der Waals surface area contributed by atoms with Crippen molar-refractivity contribution < 1.29 is 14.6 Å². The van der Waals surface area contributed by atoms with Crippen molar-refractivity contribution >= 4 is 0 Å². The number of methoxy groups -OCH3 is 1. The molecule has 1 unspecified atom stereocenters. The van der Waals surface area contributed by atoms with Gasteiger partial charge in [-0.2, -0.15) is 0 Å². The molecule has 1 rings (SSSR count). The van der Waals surface area contributed by atoms with Gasteiger partial charge in [0.25, 0.3) is 0 Å². The third kappa shape index (κ3) is 5.34. The molecule has 19 heavy (non-hydrogen) atoms. The molecule has 1 N–H and O–H groups in total. The Kier molecular flexibility index (Phi) is 7.02. The Morgan fingerprint density at radius 2 is 2.16 bits per heavy atom. The van der Waals surface area contributed by atoms with Crippen molar-refractivity contribution in [2.45, 2.75) is 39.4 Å². The Morgan fingerprint density at radius 3 is 2.79 bits per heavy atom. The van der Waals surface area contributed by atoms with Gasteiger partial charge in [0.05, 0.1) is 26.4 Å². The second kappa shape index (κ2) is 8.58. The van der Waals surface area contributed by atoms with Gasteiger partial charge >= 0.3 is 0 Å². The van der Waals surface area contributed by atoms with E-state index in [1.165, 1.54) is 0 Å². The van der Waals surface area contributed by atoms with E-state index >= 15 is 0 Å². The standard InChI is InChI=1S/C16H22O3/c1-4-13(2)19-12-15-11-16(18-3)9-8-14(15)7-5-6-10-17/h8-9,11,13,17H,4,6,10,12H2,1-3H3. The van der Waals surface area contributed by atoms with E-state index in [9.17, 15) is 0 Å². The molecular formula is C16H22O3. The van der Waals surface area contributed by atoms with E-state index in [2.05, 4.69) is 25.7 Å². The Morgan fingerprint density at radius 1 is 1.37 bits per heavy atom. The first-order valence-corrected chi connectivity index (χ1v) is 6.59. The third-order valence-corrected chi connectivity index (χ3v) is 2.87.